The summed E-state index contributed by atoms with van der Waals surface area (Å²) in [6, 6.07) is 0. The van der Waals surface area contributed by atoms with Gasteiger partial charge < -0.3 is 4.57 Å². The molecule has 0 aliphatic heterocycles. The van der Waals surface area contributed by atoms with Gasteiger partial charge in [-0.1, -0.05) is 0 Å². The Hall–Kier alpha value is -0.690. The van der Waals surface area contributed by atoms with Crippen LogP contribution in [0, 0.1) is 0 Å². The molecular formula is C5H5ClF2N2O2S. The fraction of sp³-hybridized carbons (Fsp3) is 0.400. The summed E-state index contributed by atoms with van der Waals surface area (Å²) in [6.45, 7) is -0.598. The van der Waals surface area contributed by atoms with E-state index in [1.165, 1.54) is 0 Å². The molecule has 0 saturated carbocycles. The lowest BCUT2D eigenvalue weighted by Gasteiger charge is -1.97. The van der Waals surface area contributed by atoms with Gasteiger partial charge in [0, 0.05) is 16.9 Å². The average Bonchev–Trinajstić information content (AvgIpc) is 2.32. The zero-order valence-electron chi connectivity index (χ0n) is 6.19. The number of imidazole rings is 1. The van der Waals surface area contributed by atoms with Crippen LogP contribution in [0.15, 0.2) is 17.6 Å². The second-order valence-electron chi connectivity index (χ2n) is 2.24. The lowest BCUT2D eigenvalue weighted by molar-refractivity contribution is 0.126. The predicted molar refractivity (Wildman–Crippen MR) is 41.3 cm³/mol. The lowest BCUT2D eigenvalue weighted by atomic mass is 10.6. The third-order valence-corrected chi connectivity index (χ3v) is 2.39. The van der Waals surface area contributed by atoms with Crippen molar-refractivity contribution >= 4 is 19.7 Å². The minimum atomic E-state index is -3.92. The molecule has 74 valence electrons. The molecule has 0 saturated heterocycles. The van der Waals surface area contributed by atoms with Gasteiger partial charge >= 0.3 is 0 Å². The molecule has 8 heteroatoms. The van der Waals surface area contributed by atoms with Crippen LogP contribution in [0.5, 0.6) is 0 Å². The number of rotatable bonds is 3. The first kappa shape index (κ1) is 10.4. The van der Waals surface area contributed by atoms with Gasteiger partial charge in [-0.25, -0.2) is 22.2 Å². The van der Waals surface area contributed by atoms with Crippen molar-refractivity contribution in [1.29, 1.82) is 0 Å². The minimum Gasteiger partial charge on any atom is -0.330 e. The monoisotopic (exact) mass is 230 g/mol. The Morgan fingerprint density at radius 1 is 1.62 bits per heavy atom. The third kappa shape index (κ3) is 2.92. The van der Waals surface area contributed by atoms with Gasteiger partial charge in [-0.05, 0) is 0 Å². The van der Waals surface area contributed by atoms with E-state index in [0.717, 1.165) is 17.1 Å². The van der Waals surface area contributed by atoms with Crippen LogP contribution in [0.3, 0.4) is 0 Å². The number of nitrogens with zero attached hydrogens (tertiary/aromatic N) is 2. The predicted octanol–water partition coefficient (Wildman–Crippen LogP) is 1.08. The number of alkyl halides is 2. The van der Waals surface area contributed by atoms with Gasteiger partial charge in [0.15, 0.2) is 5.03 Å². The largest absolute Gasteiger partial charge is 0.330 e. The fourth-order valence-electron chi connectivity index (χ4n) is 0.725. The Balaban J connectivity index is 2.88. The fourth-order valence-corrected chi connectivity index (χ4v) is 1.40. The highest BCUT2D eigenvalue weighted by atomic mass is 35.7. The van der Waals surface area contributed by atoms with Crippen LogP contribution in [0.4, 0.5) is 8.78 Å². The van der Waals surface area contributed by atoms with Crippen molar-refractivity contribution in [2.24, 2.45) is 0 Å². The summed E-state index contributed by atoms with van der Waals surface area (Å²) >= 11 is 0. The first-order valence-corrected chi connectivity index (χ1v) is 5.45. The summed E-state index contributed by atoms with van der Waals surface area (Å²) in [4.78, 5) is 3.35. The molecule has 0 aliphatic carbocycles. The molecule has 13 heavy (non-hydrogen) atoms. The first-order chi connectivity index (χ1) is 5.89. The number of hydrogen-bond acceptors (Lipinski definition) is 3. The molecule has 0 aliphatic rings. The molecule has 0 radical (unpaired) electrons. The van der Waals surface area contributed by atoms with Gasteiger partial charge in [0.25, 0.3) is 15.5 Å². The smallest absolute Gasteiger partial charge is 0.280 e. The van der Waals surface area contributed by atoms with Gasteiger partial charge in [-0.15, -0.1) is 0 Å². The van der Waals surface area contributed by atoms with Crippen LogP contribution in [0.2, 0.25) is 0 Å². The quantitative estimate of drug-likeness (QED) is 0.730. The molecule has 1 aromatic rings. The molecule has 1 heterocycles. The summed E-state index contributed by atoms with van der Waals surface area (Å²) in [5.41, 5.74) is 0. The Morgan fingerprint density at radius 3 is 2.62 bits per heavy atom. The van der Waals surface area contributed by atoms with E-state index in [2.05, 4.69) is 4.98 Å². The molecule has 0 spiro atoms. The Bertz CT molecular complexity index is 389. The molecule has 1 rings (SSSR count). The van der Waals surface area contributed by atoms with Crippen LogP contribution < -0.4 is 0 Å². The van der Waals surface area contributed by atoms with Gasteiger partial charge in [-0.3, -0.25) is 0 Å². The zero-order valence-corrected chi connectivity index (χ0v) is 7.76. The number of aromatic nitrogens is 2. The van der Waals surface area contributed by atoms with E-state index in [4.69, 9.17) is 10.7 Å². The summed E-state index contributed by atoms with van der Waals surface area (Å²) in [6.07, 6.45) is -0.615. The second-order valence-corrected chi connectivity index (χ2v) is 4.75. The van der Waals surface area contributed by atoms with E-state index < -0.39 is 27.0 Å². The van der Waals surface area contributed by atoms with Crippen LogP contribution in [0.1, 0.15) is 0 Å². The zero-order chi connectivity index (χ0) is 10.1. The van der Waals surface area contributed by atoms with E-state index >= 15 is 0 Å². The summed E-state index contributed by atoms with van der Waals surface area (Å²) in [7, 11) is 0.995. The molecule has 0 N–H and O–H groups in total. The Labute approximate surface area is 77.6 Å². The molecule has 0 atom stereocenters. The minimum absolute atomic E-state index is 0.421. The van der Waals surface area contributed by atoms with E-state index in [-0.39, 0.29) is 0 Å². The second kappa shape index (κ2) is 3.59. The summed E-state index contributed by atoms with van der Waals surface area (Å²) < 4.78 is 45.8. The Morgan fingerprint density at radius 2 is 2.23 bits per heavy atom. The van der Waals surface area contributed by atoms with Crippen molar-refractivity contribution in [2.75, 3.05) is 0 Å². The maximum atomic E-state index is 11.8. The highest BCUT2D eigenvalue weighted by Gasteiger charge is 2.14. The van der Waals surface area contributed by atoms with Crippen molar-refractivity contribution in [1.82, 2.24) is 9.55 Å². The summed E-state index contributed by atoms with van der Waals surface area (Å²) in [5.74, 6) is 0. The van der Waals surface area contributed by atoms with E-state index in [0.29, 0.717) is 0 Å². The van der Waals surface area contributed by atoms with Crippen molar-refractivity contribution in [3.8, 4) is 0 Å². The molecule has 0 amide bonds. The van der Waals surface area contributed by atoms with Crippen molar-refractivity contribution in [3.63, 3.8) is 0 Å². The topological polar surface area (TPSA) is 52.0 Å². The van der Waals surface area contributed by atoms with E-state index in [1.54, 1.807) is 0 Å². The van der Waals surface area contributed by atoms with Gasteiger partial charge in [0.1, 0.15) is 0 Å². The number of halogens is 3. The highest BCUT2D eigenvalue weighted by Crippen LogP contribution is 2.11. The highest BCUT2D eigenvalue weighted by molar-refractivity contribution is 8.13. The molecule has 1 aromatic heterocycles. The van der Waals surface area contributed by atoms with Crippen LogP contribution in [0.25, 0.3) is 0 Å². The van der Waals surface area contributed by atoms with Crippen LogP contribution >= 0.6 is 10.7 Å². The molecular weight excluding hydrogens is 226 g/mol. The first-order valence-electron chi connectivity index (χ1n) is 3.14. The standard InChI is InChI=1S/C5H5ClF2N2O2S/c6-13(11,12)5-2-10(3-9-5)1-4(7)8/h2-4H,1H2. The van der Waals surface area contributed by atoms with Gasteiger partial charge in [0.05, 0.1) is 12.9 Å². The molecule has 0 aromatic carbocycles. The molecule has 0 unspecified atom stereocenters. The third-order valence-electron chi connectivity index (χ3n) is 1.21. The Kier molecular flexibility index (Phi) is 2.87. The number of hydrogen-bond donors (Lipinski definition) is 0. The lowest BCUT2D eigenvalue weighted by Crippen LogP contribution is -2.03. The molecule has 0 fully saturated rings. The van der Waals surface area contributed by atoms with Crippen LogP contribution in [-0.4, -0.2) is 24.4 Å². The van der Waals surface area contributed by atoms with Crippen molar-refractivity contribution in [2.45, 2.75) is 18.0 Å². The van der Waals surface area contributed by atoms with Crippen molar-refractivity contribution < 1.29 is 17.2 Å². The van der Waals surface area contributed by atoms with E-state index in [1.807, 2.05) is 0 Å². The van der Waals surface area contributed by atoms with Gasteiger partial charge in [-0.2, -0.15) is 0 Å². The summed E-state index contributed by atoms with van der Waals surface area (Å²) in [5, 5.41) is -0.421. The molecule has 0 bridgehead atoms. The normalized spacial score (nSPS) is 12.3. The van der Waals surface area contributed by atoms with Crippen molar-refractivity contribution in [3.05, 3.63) is 12.5 Å². The maximum Gasteiger partial charge on any atom is 0.280 e. The SMILES string of the molecule is O=S(=O)(Cl)c1cn(CC(F)F)cn1. The van der Waals surface area contributed by atoms with E-state index in [9.17, 15) is 17.2 Å². The van der Waals surface area contributed by atoms with Crippen LogP contribution in [-0.2, 0) is 15.6 Å². The average molecular weight is 231 g/mol. The maximum absolute atomic E-state index is 11.8. The molecule has 4 nitrogen and oxygen atoms in total. The van der Waals surface area contributed by atoms with Gasteiger partial charge in [0.2, 0.25) is 0 Å².